The van der Waals surface area contributed by atoms with Crippen LogP contribution in [0.5, 0.6) is 0 Å². The van der Waals surface area contributed by atoms with Crippen LogP contribution in [-0.4, -0.2) is 12.2 Å². The van der Waals surface area contributed by atoms with Crippen molar-refractivity contribution < 1.29 is 9.59 Å². The quantitative estimate of drug-likeness (QED) is 0.479. The maximum Gasteiger partial charge on any atom is 0.231 e. The van der Waals surface area contributed by atoms with E-state index in [1.165, 1.54) is 33.4 Å². The first-order valence-corrected chi connectivity index (χ1v) is 7.89. The smallest absolute Gasteiger partial charge is 0.222 e. The van der Waals surface area contributed by atoms with Gasteiger partial charge in [-0.25, -0.2) is 20.4 Å². The molecule has 3 rings (SSSR count). The summed E-state index contributed by atoms with van der Waals surface area (Å²) in [6.07, 6.45) is 1.50. The topological polar surface area (TPSA) is 81.8 Å². The molecule has 0 unspecified atom stereocenters. The minimum Gasteiger partial charge on any atom is -0.222 e. The van der Waals surface area contributed by atoms with E-state index in [9.17, 15) is 0 Å². The Hall–Kier alpha value is -3.58. The Kier molecular flexibility index (Phi) is 8.70. The van der Waals surface area contributed by atoms with E-state index in [1.54, 1.807) is 0 Å². The number of aryl methyl sites for hydroxylation is 1. The Balaban J connectivity index is 0.000000499. The van der Waals surface area contributed by atoms with E-state index < -0.39 is 0 Å². The molecule has 0 atom stereocenters. The summed E-state index contributed by atoms with van der Waals surface area (Å²) in [5, 5.41) is 10.8. The molecule has 130 valence electrons. The molecule has 26 heavy (non-hydrogen) atoms. The van der Waals surface area contributed by atoms with Crippen LogP contribution in [0, 0.1) is 24.7 Å². The van der Waals surface area contributed by atoms with Crippen molar-refractivity contribution in [1.29, 1.82) is 10.8 Å². The van der Waals surface area contributed by atoms with Crippen LogP contribution in [0.3, 0.4) is 0 Å². The zero-order valence-electron chi connectivity index (χ0n) is 14.7. The van der Waals surface area contributed by atoms with Crippen LogP contribution in [-0.2, 0) is 9.59 Å². The molecule has 0 aliphatic carbocycles. The van der Waals surface area contributed by atoms with Gasteiger partial charge in [0.25, 0.3) is 0 Å². The first-order chi connectivity index (χ1) is 12.6. The van der Waals surface area contributed by atoms with Crippen LogP contribution in [0.1, 0.15) is 11.1 Å². The number of hydrogen-bond donors (Lipinski definition) is 2. The number of rotatable bonds is 2. The van der Waals surface area contributed by atoms with Gasteiger partial charge in [0.2, 0.25) is 12.2 Å². The first-order valence-electron chi connectivity index (χ1n) is 7.89. The van der Waals surface area contributed by atoms with E-state index in [2.05, 4.69) is 86.6 Å². The molecule has 4 heteroatoms. The van der Waals surface area contributed by atoms with E-state index in [-0.39, 0.29) is 0 Å². The summed E-state index contributed by atoms with van der Waals surface area (Å²) in [7, 11) is 0. The predicted molar refractivity (Wildman–Crippen MR) is 104 cm³/mol. The lowest BCUT2D eigenvalue weighted by Crippen LogP contribution is -1.90. The van der Waals surface area contributed by atoms with E-state index in [1.807, 2.05) is 0 Å². The SMILES string of the molecule is Cc1cccc(-c2ccccc2-c2ccccc2)c1C.N=C=O.N=C=O. The van der Waals surface area contributed by atoms with Gasteiger partial charge in [0, 0.05) is 0 Å². The number of carbonyl (C=O) groups excluding carboxylic acids is 2. The standard InChI is InChI=1S/C20H18.2CHNO/c1-15-9-8-14-18(16(15)2)20-13-7-6-12-19(20)17-10-4-3-5-11-17;2*2-1-3/h3-14H,1-2H3;2*2H. The lowest BCUT2D eigenvalue weighted by molar-refractivity contribution is 0.562. The molecular weight excluding hydrogens is 324 g/mol. The molecule has 3 aromatic carbocycles. The van der Waals surface area contributed by atoms with Gasteiger partial charge in [-0.1, -0.05) is 72.8 Å². The van der Waals surface area contributed by atoms with Gasteiger partial charge in [-0.15, -0.1) is 0 Å². The minimum atomic E-state index is 0.750. The van der Waals surface area contributed by atoms with E-state index in [0.29, 0.717) is 0 Å². The normalized spacial score (nSPS) is 8.69. The molecule has 3 aromatic rings. The predicted octanol–water partition coefficient (Wildman–Crippen LogP) is 5.44. The number of nitrogens with one attached hydrogen (secondary N) is 2. The summed E-state index contributed by atoms with van der Waals surface area (Å²) < 4.78 is 0. The molecular formula is C22H20N2O2. The second-order valence-electron chi connectivity index (χ2n) is 5.36. The molecule has 2 N–H and O–H groups in total. The highest BCUT2D eigenvalue weighted by Gasteiger charge is 2.09. The van der Waals surface area contributed by atoms with Gasteiger partial charge < -0.3 is 0 Å². The van der Waals surface area contributed by atoms with Crippen LogP contribution in [0.15, 0.2) is 72.8 Å². The van der Waals surface area contributed by atoms with E-state index >= 15 is 0 Å². The van der Waals surface area contributed by atoms with Gasteiger partial charge in [0.05, 0.1) is 0 Å². The van der Waals surface area contributed by atoms with Crippen molar-refractivity contribution in [2.24, 2.45) is 0 Å². The third kappa shape index (κ3) is 5.50. The monoisotopic (exact) mass is 344 g/mol. The van der Waals surface area contributed by atoms with Crippen molar-refractivity contribution in [3.05, 3.63) is 83.9 Å². The van der Waals surface area contributed by atoms with Crippen LogP contribution in [0.2, 0.25) is 0 Å². The van der Waals surface area contributed by atoms with Gasteiger partial charge >= 0.3 is 0 Å². The molecule has 0 saturated heterocycles. The molecule has 0 saturated carbocycles. The molecule has 0 bridgehead atoms. The van der Waals surface area contributed by atoms with Crippen LogP contribution in [0.25, 0.3) is 22.3 Å². The summed E-state index contributed by atoms with van der Waals surface area (Å²) in [4.78, 5) is 16.7. The van der Waals surface area contributed by atoms with Crippen molar-refractivity contribution in [2.75, 3.05) is 0 Å². The molecule has 0 aromatic heterocycles. The fourth-order valence-electron chi connectivity index (χ4n) is 2.63. The minimum absolute atomic E-state index is 0.750. The number of isocyanates is 2. The van der Waals surface area contributed by atoms with Gasteiger partial charge in [-0.05, 0) is 47.2 Å². The summed E-state index contributed by atoms with van der Waals surface area (Å²) in [6, 6.07) is 25.7. The van der Waals surface area contributed by atoms with Crippen molar-refractivity contribution >= 4 is 12.2 Å². The Morgan fingerprint density at radius 1 is 0.615 bits per heavy atom. The van der Waals surface area contributed by atoms with Gasteiger partial charge in [-0.3, -0.25) is 0 Å². The average molecular weight is 344 g/mol. The average Bonchev–Trinajstić information content (AvgIpc) is 2.66. The molecule has 0 heterocycles. The third-order valence-corrected chi connectivity index (χ3v) is 3.91. The molecule has 0 spiro atoms. The number of benzene rings is 3. The van der Waals surface area contributed by atoms with E-state index in [0.717, 1.165) is 12.2 Å². The molecule has 0 fully saturated rings. The van der Waals surface area contributed by atoms with Crippen molar-refractivity contribution in [3.8, 4) is 22.3 Å². The molecule has 0 radical (unpaired) electrons. The van der Waals surface area contributed by atoms with Crippen LogP contribution >= 0.6 is 0 Å². The van der Waals surface area contributed by atoms with Gasteiger partial charge in [0.15, 0.2) is 0 Å². The molecule has 0 aliphatic heterocycles. The van der Waals surface area contributed by atoms with Gasteiger partial charge in [-0.2, -0.15) is 0 Å². The largest absolute Gasteiger partial charge is 0.231 e. The maximum absolute atomic E-state index is 8.35. The Morgan fingerprint density at radius 3 is 1.65 bits per heavy atom. The highest BCUT2D eigenvalue weighted by molar-refractivity contribution is 5.85. The maximum atomic E-state index is 8.35. The summed E-state index contributed by atoms with van der Waals surface area (Å²) >= 11 is 0. The fraction of sp³-hybridized carbons (Fsp3) is 0.0909. The lowest BCUT2D eigenvalue weighted by Gasteiger charge is -2.13. The van der Waals surface area contributed by atoms with Crippen LogP contribution in [0.4, 0.5) is 0 Å². The molecule has 0 amide bonds. The zero-order valence-corrected chi connectivity index (χ0v) is 14.7. The van der Waals surface area contributed by atoms with E-state index in [4.69, 9.17) is 20.4 Å². The Labute approximate surface area is 153 Å². The van der Waals surface area contributed by atoms with Crippen LogP contribution < -0.4 is 0 Å². The highest BCUT2D eigenvalue weighted by atomic mass is 16.1. The summed E-state index contributed by atoms with van der Waals surface area (Å²) in [5.41, 5.74) is 7.89. The Bertz CT molecular complexity index is 894. The zero-order chi connectivity index (χ0) is 19.4. The fourth-order valence-corrected chi connectivity index (χ4v) is 2.63. The number of hydrogen-bond acceptors (Lipinski definition) is 4. The third-order valence-electron chi connectivity index (χ3n) is 3.91. The van der Waals surface area contributed by atoms with Gasteiger partial charge in [0.1, 0.15) is 0 Å². The molecule has 4 nitrogen and oxygen atoms in total. The van der Waals surface area contributed by atoms with Crippen molar-refractivity contribution in [3.63, 3.8) is 0 Å². The summed E-state index contributed by atoms with van der Waals surface area (Å²) in [5.74, 6) is 0. The Morgan fingerprint density at radius 2 is 1.08 bits per heavy atom. The van der Waals surface area contributed by atoms with Crippen molar-refractivity contribution in [1.82, 2.24) is 0 Å². The lowest BCUT2D eigenvalue weighted by atomic mass is 9.91. The second-order valence-corrected chi connectivity index (χ2v) is 5.36. The second kappa shape index (κ2) is 11.1. The molecule has 0 aliphatic rings. The van der Waals surface area contributed by atoms with Crippen molar-refractivity contribution in [2.45, 2.75) is 13.8 Å². The summed E-state index contributed by atoms with van der Waals surface area (Å²) in [6.45, 7) is 4.37. The highest BCUT2D eigenvalue weighted by Crippen LogP contribution is 2.34. The first kappa shape index (κ1) is 20.5.